The number of rotatable bonds is 6. The van der Waals surface area contributed by atoms with E-state index in [2.05, 4.69) is 5.10 Å². The zero-order valence-electron chi connectivity index (χ0n) is 18.6. The molecule has 9 heteroatoms. The molecule has 9 nitrogen and oxygen atoms in total. The van der Waals surface area contributed by atoms with E-state index in [1.807, 2.05) is 24.9 Å². The number of hydrazone groups is 1. The van der Waals surface area contributed by atoms with Crippen molar-refractivity contribution in [1.29, 1.82) is 0 Å². The number of hydrogen-bond acceptors (Lipinski definition) is 8. The lowest BCUT2D eigenvalue weighted by atomic mass is 9.93. The van der Waals surface area contributed by atoms with Crippen LogP contribution in [0.2, 0.25) is 0 Å². The molecule has 2 aliphatic heterocycles. The molecule has 0 radical (unpaired) electrons. The quantitative estimate of drug-likeness (QED) is 0.285. The van der Waals surface area contributed by atoms with Crippen molar-refractivity contribution in [3.05, 3.63) is 81.5 Å². The summed E-state index contributed by atoms with van der Waals surface area (Å²) in [6.07, 6.45) is 0.564. The lowest BCUT2D eigenvalue weighted by molar-refractivity contribution is -0.384. The van der Waals surface area contributed by atoms with Gasteiger partial charge < -0.3 is 9.64 Å². The summed E-state index contributed by atoms with van der Waals surface area (Å²) in [5, 5.41) is 17.5. The Bertz CT molecular complexity index is 1170. The summed E-state index contributed by atoms with van der Waals surface area (Å²) in [5.41, 5.74) is 1.83. The largest absolute Gasteiger partial charge is 0.463 e. The van der Waals surface area contributed by atoms with Crippen LogP contribution >= 0.6 is 0 Å². The molecule has 2 heterocycles. The Balaban J connectivity index is 1.76. The third-order valence-electron chi connectivity index (χ3n) is 6.21. The van der Waals surface area contributed by atoms with Gasteiger partial charge in [0.1, 0.15) is 11.4 Å². The molecule has 0 aromatic heterocycles. The minimum atomic E-state index is -0.845. The van der Waals surface area contributed by atoms with Crippen molar-refractivity contribution in [3.63, 3.8) is 0 Å². The number of esters is 1. The first-order valence-corrected chi connectivity index (χ1v) is 10.6. The molecule has 0 bridgehead atoms. The van der Waals surface area contributed by atoms with E-state index in [9.17, 15) is 19.7 Å². The SMILES string of the molecule is CCOC(=O)C1=C(C)N(C)C2(CC(C(=O)c3ccccc3)=NN2c2ccc([N+](=O)[O-])cc2)C1. The minimum Gasteiger partial charge on any atom is -0.463 e. The Hall–Kier alpha value is -4.01. The number of nitro benzene ring substituents is 1. The molecule has 0 aliphatic carbocycles. The van der Waals surface area contributed by atoms with Crippen LogP contribution in [0.5, 0.6) is 0 Å². The molecule has 170 valence electrons. The molecule has 0 saturated heterocycles. The van der Waals surface area contributed by atoms with E-state index >= 15 is 0 Å². The third kappa shape index (κ3) is 3.75. The molecular weight excluding hydrogens is 424 g/mol. The first-order chi connectivity index (χ1) is 15.8. The number of allylic oxidation sites excluding steroid dienone is 1. The molecule has 0 amide bonds. The second kappa shape index (κ2) is 8.50. The predicted octanol–water partition coefficient (Wildman–Crippen LogP) is 3.91. The van der Waals surface area contributed by atoms with Crippen LogP contribution < -0.4 is 5.01 Å². The summed E-state index contributed by atoms with van der Waals surface area (Å²) < 4.78 is 5.25. The molecule has 0 N–H and O–H groups in total. The van der Waals surface area contributed by atoms with E-state index < -0.39 is 16.6 Å². The normalized spacial score (nSPS) is 19.8. The van der Waals surface area contributed by atoms with Crippen LogP contribution in [0.4, 0.5) is 11.4 Å². The van der Waals surface area contributed by atoms with Crippen LogP contribution in [0, 0.1) is 10.1 Å². The highest BCUT2D eigenvalue weighted by atomic mass is 16.6. The van der Waals surface area contributed by atoms with Gasteiger partial charge in [-0.05, 0) is 26.0 Å². The van der Waals surface area contributed by atoms with Gasteiger partial charge >= 0.3 is 5.97 Å². The number of hydrogen-bond donors (Lipinski definition) is 0. The Labute approximate surface area is 191 Å². The van der Waals surface area contributed by atoms with Crippen molar-refractivity contribution in [2.75, 3.05) is 18.7 Å². The summed E-state index contributed by atoms with van der Waals surface area (Å²) in [5.74, 6) is -0.597. The minimum absolute atomic E-state index is 0.0437. The van der Waals surface area contributed by atoms with Crippen molar-refractivity contribution < 1.29 is 19.2 Å². The van der Waals surface area contributed by atoms with Crippen LogP contribution in [-0.4, -0.2) is 46.6 Å². The molecule has 1 atom stereocenters. The molecule has 4 rings (SSSR count). The number of ether oxygens (including phenoxy) is 1. The van der Waals surface area contributed by atoms with Crippen LogP contribution in [0.25, 0.3) is 0 Å². The Morgan fingerprint density at radius 1 is 1.12 bits per heavy atom. The highest BCUT2D eigenvalue weighted by Crippen LogP contribution is 2.47. The maximum absolute atomic E-state index is 13.2. The number of carbonyl (C=O) groups excluding carboxylic acids is 2. The van der Waals surface area contributed by atoms with E-state index in [-0.39, 0.29) is 24.5 Å². The van der Waals surface area contributed by atoms with Crippen molar-refractivity contribution >= 4 is 28.8 Å². The smallest absolute Gasteiger partial charge is 0.335 e. The molecule has 0 saturated carbocycles. The maximum atomic E-state index is 13.2. The highest BCUT2D eigenvalue weighted by molar-refractivity contribution is 6.46. The van der Waals surface area contributed by atoms with Gasteiger partial charge in [-0.2, -0.15) is 5.10 Å². The number of non-ortho nitro benzene ring substituents is 1. The molecule has 2 aromatic rings. The first-order valence-electron chi connectivity index (χ1n) is 10.6. The van der Waals surface area contributed by atoms with E-state index in [0.29, 0.717) is 29.0 Å². The first kappa shape index (κ1) is 22.2. The number of ketones is 1. The van der Waals surface area contributed by atoms with E-state index in [4.69, 9.17) is 4.74 Å². The van der Waals surface area contributed by atoms with Gasteiger partial charge in [-0.25, -0.2) is 9.80 Å². The number of carbonyl (C=O) groups is 2. The van der Waals surface area contributed by atoms with Gasteiger partial charge in [0, 0.05) is 43.3 Å². The fraction of sp³-hybridized carbons (Fsp3) is 0.292. The van der Waals surface area contributed by atoms with Crippen LogP contribution in [0.1, 0.15) is 37.0 Å². The lowest BCUT2D eigenvalue weighted by Gasteiger charge is -2.41. The van der Waals surface area contributed by atoms with Crippen molar-refractivity contribution in [3.8, 4) is 0 Å². The van der Waals surface area contributed by atoms with Gasteiger partial charge in [-0.1, -0.05) is 30.3 Å². The average Bonchev–Trinajstić information content (AvgIpc) is 3.33. The lowest BCUT2D eigenvalue weighted by Crippen LogP contribution is -2.52. The van der Waals surface area contributed by atoms with E-state index in [1.165, 1.54) is 12.1 Å². The van der Waals surface area contributed by atoms with Gasteiger partial charge in [-0.15, -0.1) is 0 Å². The van der Waals surface area contributed by atoms with Gasteiger partial charge in [0.15, 0.2) is 0 Å². The average molecular weight is 448 g/mol. The fourth-order valence-corrected chi connectivity index (χ4v) is 4.37. The number of nitro groups is 1. The summed E-state index contributed by atoms with van der Waals surface area (Å²) in [6.45, 7) is 3.85. The van der Waals surface area contributed by atoms with Crippen LogP contribution in [0.3, 0.4) is 0 Å². The van der Waals surface area contributed by atoms with Gasteiger partial charge in [0.05, 0.1) is 22.8 Å². The Kier molecular flexibility index (Phi) is 5.71. The monoisotopic (exact) mass is 448 g/mol. The number of anilines is 1. The van der Waals surface area contributed by atoms with Crippen LogP contribution in [0.15, 0.2) is 71.0 Å². The Morgan fingerprint density at radius 2 is 1.79 bits per heavy atom. The molecule has 2 aliphatic rings. The standard InChI is InChI=1S/C24H24N4O5/c1-4-33-23(30)20-14-24(26(3)16(20)2)15-21(22(29)17-8-6-5-7-9-17)25-27(24)18-10-12-19(13-11-18)28(31)32/h5-13H,4,14-15H2,1-3H3. The van der Waals surface area contributed by atoms with Gasteiger partial charge in [-0.3, -0.25) is 14.9 Å². The van der Waals surface area contributed by atoms with Crippen LogP contribution in [-0.2, 0) is 9.53 Å². The van der Waals surface area contributed by atoms with Crippen molar-refractivity contribution in [2.24, 2.45) is 5.10 Å². The summed E-state index contributed by atoms with van der Waals surface area (Å²) >= 11 is 0. The molecule has 1 spiro atoms. The summed E-state index contributed by atoms with van der Waals surface area (Å²) in [7, 11) is 1.85. The second-order valence-electron chi connectivity index (χ2n) is 8.01. The second-order valence-corrected chi connectivity index (χ2v) is 8.01. The molecule has 1 unspecified atom stereocenters. The van der Waals surface area contributed by atoms with Gasteiger partial charge in [0.2, 0.25) is 5.78 Å². The zero-order valence-corrected chi connectivity index (χ0v) is 18.6. The van der Waals surface area contributed by atoms with Crippen molar-refractivity contribution in [2.45, 2.75) is 32.4 Å². The number of nitrogens with zero attached hydrogens (tertiary/aromatic N) is 4. The number of benzene rings is 2. The highest BCUT2D eigenvalue weighted by Gasteiger charge is 2.54. The molecular formula is C24H24N4O5. The maximum Gasteiger partial charge on any atom is 0.335 e. The fourth-order valence-electron chi connectivity index (χ4n) is 4.37. The van der Waals surface area contributed by atoms with E-state index in [0.717, 1.165) is 5.70 Å². The summed E-state index contributed by atoms with van der Waals surface area (Å²) in [4.78, 5) is 38.5. The zero-order chi connectivity index (χ0) is 23.8. The van der Waals surface area contributed by atoms with E-state index in [1.54, 1.807) is 48.3 Å². The van der Waals surface area contributed by atoms with Crippen molar-refractivity contribution in [1.82, 2.24) is 4.90 Å². The Morgan fingerprint density at radius 3 is 2.39 bits per heavy atom. The third-order valence-corrected chi connectivity index (χ3v) is 6.21. The molecule has 0 fully saturated rings. The summed E-state index contributed by atoms with van der Waals surface area (Å²) in [6, 6.07) is 14.9. The number of Topliss-reactive ketones (excluding diaryl/α,β-unsaturated/α-hetero) is 1. The van der Waals surface area contributed by atoms with Gasteiger partial charge in [0.25, 0.3) is 5.69 Å². The molecule has 33 heavy (non-hydrogen) atoms. The molecule has 2 aromatic carbocycles. The topological polar surface area (TPSA) is 105 Å². The predicted molar refractivity (Wildman–Crippen MR) is 123 cm³/mol.